The molecule has 25 heavy (non-hydrogen) atoms. The van der Waals surface area contributed by atoms with Gasteiger partial charge in [0.1, 0.15) is 26.9 Å². The number of hydrogen-bond donors (Lipinski definition) is 0. The third kappa shape index (κ3) is 10.6. The summed E-state index contributed by atoms with van der Waals surface area (Å²) in [5, 5.41) is 0. The van der Waals surface area contributed by atoms with Crippen LogP contribution in [0.4, 0.5) is 0 Å². The van der Waals surface area contributed by atoms with Crippen LogP contribution in [0.3, 0.4) is 0 Å². The van der Waals surface area contributed by atoms with Gasteiger partial charge in [0.2, 0.25) is 0 Å². The van der Waals surface area contributed by atoms with Gasteiger partial charge in [-0.25, -0.2) is 0 Å². The zero-order valence-corrected chi connectivity index (χ0v) is 20.3. The third-order valence-corrected chi connectivity index (χ3v) is 6.80. The quantitative estimate of drug-likeness (QED) is 0.343. The molecule has 0 aromatic heterocycles. The summed E-state index contributed by atoms with van der Waals surface area (Å²) in [4.78, 5) is 0. The monoisotopic (exact) mass is 386 g/mol. The minimum atomic E-state index is 0. The first kappa shape index (κ1) is 30.5. The van der Waals surface area contributed by atoms with E-state index in [1.165, 1.54) is 38.5 Å². The summed E-state index contributed by atoms with van der Waals surface area (Å²) in [7, 11) is 0. The zero-order valence-electron chi connectivity index (χ0n) is 19.2. The topological polar surface area (TPSA) is 0 Å². The van der Waals surface area contributed by atoms with Crippen molar-refractivity contribution in [2.75, 3.05) is 0 Å². The Balaban J connectivity index is -0.000000346. The fraction of sp³-hybridized carbons (Fsp3) is 0.900. The Bertz CT molecular complexity index is 250. The van der Waals surface area contributed by atoms with Crippen molar-refractivity contribution in [2.24, 2.45) is 0 Å². The molecule has 0 saturated heterocycles. The van der Waals surface area contributed by atoms with Gasteiger partial charge in [0, 0.05) is 0 Å². The van der Waals surface area contributed by atoms with Crippen molar-refractivity contribution in [3.05, 3.63) is 14.9 Å². The van der Waals surface area contributed by atoms with Gasteiger partial charge in [-0.05, 0) is 0 Å². The first-order chi connectivity index (χ1) is 10.2. The van der Waals surface area contributed by atoms with Crippen LogP contribution in [0.5, 0.6) is 0 Å². The van der Waals surface area contributed by atoms with E-state index in [9.17, 15) is 0 Å². The second-order valence-electron chi connectivity index (χ2n) is 9.64. The van der Waals surface area contributed by atoms with E-state index in [0.29, 0.717) is 0 Å². The van der Waals surface area contributed by atoms with Crippen molar-refractivity contribution in [2.45, 2.75) is 116 Å². The molecule has 2 saturated carbocycles. The number of rotatable bonds is 4. The summed E-state index contributed by atoms with van der Waals surface area (Å²) >= 11 is 0. The van der Waals surface area contributed by atoms with Gasteiger partial charge < -0.3 is 14.9 Å². The second-order valence-corrected chi connectivity index (χ2v) is 9.64. The van der Waals surface area contributed by atoms with Gasteiger partial charge in [0.05, 0.1) is 0 Å². The van der Waals surface area contributed by atoms with E-state index in [1.54, 1.807) is 0 Å². The summed E-state index contributed by atoms with van der Waals surface area (Å²) < 4.78 is 0. The summed E-state index contributed by atoms with van der Waals surface area (Å²) in [5.41, 5.74) is 0. The van der Waals surface area contributed by atoms with Gasteiger partial charge in [0.25, 0.3) is 0 Å². The Kier molecular flexibility index (Phi) is 18.0. The largest absolute Gasteiger partial charge is 2.00 e. The fourth-order valence-electron chi connectivity index (χ4n) is 4.53. The Hall–Kier alpha value is 0.779. The molecule has 5 heteroatoms. The first-order valence-electron chi connectivity index (χ1n) is 10.2. The van der Waals surface area contributed by atoms with E-state index in [0.717, 1.165) is 50.1 Å². The molecule has 0 bridgehead atoms. The standard InChI is InChI=1S/2C9H20B2.2CH3.Fe/c2*1-10(2)8-5-6-9(7-8)11(3)4;;;/h2*8-9H,5-7H2,1-4H3;2*1H3;/q;;2*-1;+2. The molecule has 146 valence electrons. The molecule has 0 heterocycles. The molecular weight excluding hydrogens is 339 g/mol. The Morgan fingerprint density at radius 3 is 0.680 bits per heavy atom. The van der Waals surface area contributed by atoms with E-state index in [2.05, 4.69) is 54.6 Å². The van der Waals surface area contributed by atoms with Crippen LogP contribution in [0.15, 0.2) is 0 Å². The molecule has 0 amide bonds. The van der Waals surface area contributed by atoms with Crippen LogP contribution >= 0.6 is 0 Å². The smallest absolute Gasteiger partial charge is 0.358 e. The average Bonchev–Trinajstić information content (AvgIpc) is 3.09. The Morgan fingerprint density at radius 2 is 0.600 bits per heavy atom. The van der Waals surface area contributed by atoms with E-state index < -0.39 is 0 Å². The second kappa shape index (κ2) is 14.8. The number of hydrogen-bond acceptors (Lipinski definition) is 0. The van der Waals surface area contributed by atoms with Crippen LogP contribution in [0.25, 0.3) is 0 Å². The van der Waals surface area contributed by atoms with Gasteiger partial charge in [0.15, 0.2) is 0 Å². The van der Waals surface area contributed by atoms with Crippen molar-refractivity contribution in [1.29, 1.82) is 0 Å². The molecule has 0 aliphatic heterocycles. The Morgan fingerprint density at radius 1 is 0.440 bits per heavy atom. The molecule has 0 aromatic rings. The molecule has 4 unspecified atom stereocenters. The fourth-order valence-corrected chi connectivity index (χ4v) is 4.53. The first-order valence-corrected chi connectivity index (χ1v) is 10.2. The molecule has 0 aromatic carbocycles. The SMILES string of the molecule is CB(C)C1CCC(B(C)C)C1.CB(C)C1CCC(B(C)C)C1.[CH3-].[CH3-].[Fe+2]. The third-order valence-electron chi connectivity index (χ3n) is 6.80. The zero-order chi connectivity index (χ0) is 16.9. The minimum Gasteiger partial charge on any atom is -0.358 e. The molecular formula is C20H46B4Fe. The van der Waals surface area contributed by atoms with Gasteiger partial charge in [-0.2, -0.15) is 0 Å². The van der Waals surface area contributed by atoms with Crippen molar-refractivity contribution in [3.63, 3.8) is 0 Å². The summed E-state index contributed by atoms with van der Waals surface area (Å²) in [6.07, 6.45) is 8.94. The van der Waals surface area contributed by atoms with Crippen LogP contribution < -0.4 is 0 Å². The molecule has 0 radical (unpaired) electrons. The van der Waals surface area contributed by atoms with Gasteiger partial charge in [-0.1, -0.05) is 116 Å². The minimum absolute atomic E-state index is 0. The predicted molar refractivity (Wildman–Crippen MR) is 125 cm³/mol. The molecule has 2 aliphatic rings. The predicted octanol–water partition coefficient (Wildman–Crippen LogP) is 7.74. The maximum Gasteiger partial charge on any atom is 2.00 e. The van der Waals surface area contributed by atoms with Crippen LogP contribution in [0.1, 0.15) is 38.5 Å². The molecule has 0 nitrogen and oxygen atoms in total. The van der Waals surface area contributed by atoms with Crippen molar-refractivity contribution < 1.29 is 17.1 Å². The summed E-state index contributed by atoms with van der Waals surface area (Å²) in [5.74, 6) is 4.12. The van der Waals surface area contributed by atoms with Crippen LogP contribution in [0.2, 0.25) is 77.9 Å². The molecule has 4 atom stereocenters. The molecule has 0 N–H and O–H groups in total. The van der Waals surface area contributed by atoms with E-state index in [4.69, 9.17) is 0 Å². The summed E-state index contributed by atoms with van der Waals surface area (Å²) in [6.45, 7) is 22.6. The van der Waals surface area contributed by atoms with Gasteiger partial charge in [-0.3, -0.25) is 0 Å². The molecule has 0 spiro atoms. The molecule has 2 rings (SSSR count). The van der Waals surface area contributed by atoms with Crippen LogP contribution in [-0.4, -0.2) is 26.9 Å². The average molecular weight is 386 g/mol. The maximum atomic E-state index is 2.37. The van der Waals surface area contributed by atoms with E-state index in [-0.39, 0.29) is 31.9 Å². The normalized spacial score (nSPS) is 26.9. The van der Waals surface area contributed by atoms with E-state index in [1.807, 2.05) is 0 Å². The van der Waals surface area contributed by atoms with Gasteiger partial charge >= 0.3 is 17.1 Å². The molecule has 2 aliphatic carbocycles. The van der Waals surface area contributed by atoms with Crippen LogP contribution in [-0.2, 0) is 17.1 Å². The maximum absolute atomic E-state index is 2.37. The van der Waals surface area contributed by atoms with Crippen molar-refractivity contribution >= 4 is 26.9 Å². The summed E-state index contributed by atoms with van der Waals surface area (Å²) in [6, 6.07) is 0. The van der Waals surface area contributed by atoms with Crippen LogP contribution in [0, 0.1) is 14.9 Å². The van der Waals surface area contributed by atoms with E-state index >= 15 is 0 Å². The van der Waals surface area contributed by atoms with Crippen molar-refractivity contribution in [1.82, 2.24) is 0 Å². The molecule has 2 fully saturated rings. The Labute approximate surface area is 175 Å². The van der Waals surface area contributed by atoms with Gasteiger partial charge in [-0.15, -0.1) is 0 Å². The van der Waals surface area contributed by atoms with Crippen molar-refractivity contribution in [3.8, 4) is 0 Å².